The highest BCUT2D eigenvalue weighted by molar-refractivity contribution is 5.69. The quantitative estimate of drug-likeness (QED) is 0.769. The Hall–Kier alpha value is -1.37. The van der Waals surface area contributed by atoms with Crippen molar-refractivity contribution in [3.63, 3.8) is 0 Å². The summed E-state index contributed by atoms with van der Waals surface area (Å²) in [6, 6.07) is 3.73. The zero-order valence-electron chi connectivity index (χ0n) is 11.2. The van der Waals surface area contributed by atoms with E-state index < -0.39 is 5.97 Å². The van der Waals surface area contributed by atoms with Gasteiger partial charge in [-0.2, -0.15) is 0 Å². The number of hydrogen-bond donors (Lipinski definition) is 2. The fourth-order valence-electron chi connectivity index (χ4n) is 2.39. The topological polar surface area (TPSA) is 69.0 Å². The van der Waals surface area contributed by atoms with E-state index in [0.717, 1.165) is 38.5 Å². The van der Waals surface area contributed by atoms with Gasteiger partial charge in [0.25, 0.3) is 0 Å². The number of likely N-dealkylation sites (N-methyl/N-ethyl adjacent to an activating group) is 1. The van der Waals surface area contributed by atoms with Crippen molar-refractivity contribution in [2.45, 2.75) is 6.04 Å². The lowest BCUT2D eigenvalue weighted by Crippen LogP contribution is -2.47. The van der Waals surface area contributed by atoms with Crippen molar-refractivity contribution in [3.8, 4) is 0 Å². The molecular formula is C13H21N3O3. The second-order valence-electron chi connectivity index (χ2n) is 4.89. The standard InChI is InChI=1S/C13H21N3O3/c1-15(10-13(17)18)11(12-3-2-8-19-12)9-16-6-4-14-5-7-16/h2-3,8,11,14H,4-7,9-10H2,1H3,(H,17,18). The van der Waals surface area contributed by atoms with Crippen LogP contribution in [0.5, 0.6) is 0 Å². The van der Waals surface area contributed by atoms with E-state index in [-0.39, 0.29) is 12.6 Å². The van der Waals surface area contributed by atoms with E-state index in [9.17, 15) is 4.79 Å². The summed E-state index contributed by atoms with van der Waals surface area (Å²) >= 11 is 0. The number of carbonyl (C=O) groups is 1. The number of hydrogen-bond acceptors (Lipinski definition) is 5. The molecule has 19 heavy (non-hydrogen) atoms. The Kier molecular flexibility index (Phi) is 4.95. The molecule has 1 aromatic heterocycles. The van der Waals surface area contributed by atoms with Crippen LogP contribution in [-0.2, 0) is 4.79 Å². The Morgan fingerprint density at radius 3 is 2.89 bits per heavy atom. The number of aliphatic carboxylic acids is 1. The molecule has 1 unspecified atom stereocenters. The van der Waals surface area contributed by atoms with Crippen molar-refractivity contribution in [1.82, 2.24) is 15.1 Å². The summed E-state index contributed by atoms with van der Waals surface area (Å²) in [7, 11) is 1.82. The van der Waals surface area contributed by atoms with E-state index in [2.05, 4.69) is 10.2 Å². The summed E-state index contributed by atoms with van der Waals surface area (Å²) in [5.74, 6) is 0.00153. The second kappa shape index (κ2) is 6.70. The SMILES string of the molecule is CN(CC(=O)O)C(CN1CCNCC1)c1ccco1. The van der Waals surface area contributed by atoms with Gasteiger partial charge in [0.1, 0.15) is 5.76 Å². The normalized spacial score (nSPS) is 18.6. The third kappa shape index (κ3) is 4.05. The Balaban J connectivity index is 2.03. The lowest BCUT2D eigenvalue weighted by molar-refractivity contribution is -0.138. The van der Waals surface area contributed by atoms with Crippen LogP contribution < -0.4 is 5.32 Å². The Morgan fingerprint density at radius 2 is 2.32 bits per heavy atom. The lowest BCUT2D eigenvalue weighted by atomic mass is 10.1. The molecule has 1 atom stereocenters. The lowest BCUT2D eigenvalue weighted by Gasteiger charge is -2.33. The summed E-state index contributed by atoms with van der Waals surface area (Å²) in [4.78, 5) is 15.0. The minimum absolute atomic E-state index is 0.0114. The fourth-order valence-corrected chi connectivity index (χ4v) is 2.39. The van der Waals surface area contributed by atoms with Crippen LogP contribution in [0.25, 0.3) is 0 Å². The number of rotatable bonds is 6. The zero-order valence-corrected chi connectivity index (χ0v) is 11.2. The van der Waals surface area contributed by atoms with Crippen LogP contribution in [0, 0.1) is 0 Å². The van der Waals surface area contributed by atoms with Crippen LogP contribution in [0.1, 0.15) is 11.8 Å². The van der Waals surface area contributed by atoms with E-state index in [1.165, 1.54) is 0 Å². The van der Waals surface area contributed by atoms with Gasteiger partial charge in [0, 0.05) is 32.7 Å². The summed E-state index contributed by atoms with van der Waals surface area (Å²) in [5, 5.41) is 12.3. The van der Waals surface area contributed by atoms with Gasteiger partial charge in [-0.05, 0) is 19.2 Å². The maximum absolute atomic E-state index is 10.9. The van der Waals surface area contributed by atoms with E-state index in [0.29, 0.717) is 0 Å². The summed E-state index contributed by atoms with van der Waals surface area (Å²) < 4.78 is 5.46. The third-order valence-corrected chi connectivity index (χ3v) is 3.43. The maximum Gasteiger partial charge on any atom is 0.317 e. The summed E-state index contributed by atoms with van der Waals surface area (Å²) in [5.41, 5.74) is 0. The molecule has 1 aromatic rings. The molecule has 0 spiro atoms. The van der Waals surface area contributed by atoms with Crippen molar-refractivity contribution < 1.29 is 14.3 Å². The molecule has 2 N–H and O–H groups in total. The first-order valence-corrected chi connectivity index (χ1v) is 6.55. The second-order valence-corrected chi connectivity index (χ2v) is 4.89. The van der Waals surface area contributed by atoms with Gasteiger partial charge in [0.2, 0.25) is 0 Å². The molecule has 0 bridgehead atoms. The van der Waals surface area contributed by atoms with Gasteiger partial charge in [0.15, 0.2) is 0 Å². The van der Waals surface area contributed by atoms with Crippen molar-refractivity contribution in [2.75, 3.05) is 46.3 Å². The van der Waals surface area contributed by atoms with Crippen LogP contribution >= 0.6 is 0 Å². The highest BCUT2D eigenvalue weighted by atomic mass is 16.4. The van der Waals surface area contributed by atoms with E-state index in [4.69, 9.17) is 9.52 Å². The Labute approximate surface area is 113 Å². The molecule has 0 saturated carbocycles. The van der Waals surface area contributed by atoms with Gasteiger partial charge >= 0.3 is 5.97 Å². The van der Waals surface area contributed by atoms with Crippen molar-refractivity contribution >= 4 is 5.97 Å². The highest BCUT2D eigenvalue weighted by Crippen LogP contribution is 2.21. The van der Waals surface area contributed by atoms with E-state index in [1.54, 1.807) is 6.26 Å². The molecule has 6 heteroatoms. The van der Waals surface area contributed by atoms with Crippen LogP contribution in [0.2, 0.25) is 0 Å². The molecular weight excluding hydrogens is 246 g/mol. The van der Waals surface area contributed by atoms with E-state index in [1.807, 2.05) is 24.1 Å². The number of carboxylic acid groups (broad SMARTS) is 1. The predicted molar refractivity (Wildman–Crippen MR) is 71.0 cm³/mol. The first-order chi connectivity index (χ1) is 9.16. The molecule has 106 valence electrons. The molecule has 1 aliphatic heterocycles. The first-order valence-electron chi connectivity index (χ1n) is 6.55. The van der Waals surface area contributed by atoms with Gasteiger partial charge in [-0.25, -0.2) is 0 Å². The fraction of sp³-hybridized carbons (Fsp3) is 0.615. The molecule has 1 aliphatic rings. The molecule has 0 radical (unpaired) electrons. The Bertz CT molecular complexity index is 388. The first kappa shape index (κ1) is 14.0. The molecule has 6 nitrogen and oxygen atoms in total. The predicted octanol–water partition coefficient (Wildman–Crippen LogP) is 0.242. The van der Waals surface area contributed by atoms with Gasteiger partial charge in [-0.15, -0.1) is 0 Å². The van der Waals surface area contributed by atoms with E-state index >= 15 is 0 Å². The largest absolute Gasteiger partial charge is 0.480 e. The van der Waals surface area contributed by atoms with Crippen LogP contribution in [0.15, 0.2) is 22.8 Å². The van der Waals surface area contributed by atoms with Crippen molar-refractivity contribution in [2.24, 2.45) is 0 Å². The van der Waals surface area contributed by atoms with Crippen LogP contribution in [0.3, 0.4) is 0 Å². The molecule has 2 rings (SSSR count). The summed E-state index contributed by atoms with van der Waals surface area (Å²) in [6.07, 6.45) is 1.63. The minimum atomic E-state index is -0.820. The van der Waals surface area contributed by atoms with Crippen LogP contribution in [-0.4, -0.2) is 67.2 Å². The van der Waals surface area contributed by atoms with Crippen LogP contribution in [0.4, 0.5) is 0 Å². The smallest absolute Gasteiger partial charge is 0.317 e. The minimum Gasteiger partial charge on any atom is -0.480 e. The molecule has 2 heterocycles. The van der Waals surface area contributed by atoms with Crippen molar-refractivity contribution in [3.05, 3.63) is 24.2 Å². The number of nitrogens with one attached hydrogen (secondary N) is 1. The van der Waals surface area contributed by atoms with Gasteiger partial charge in [0.05, 0.1) is 18.8 Å². The van der Waals surface area contributed by atoms with Gasteiger partial charge < -0.3 is 14.8 Å². The maximum atomic E-state index is 10.9. The number of nitrogens with zero attached hydrogens (tertiary/aromatic N) is 2. The summed E-state index contributed by atoms with van der Waals surface area (Å²) in [6.45, 7) is 4.73. The van der Waals surface area contributed by atoms with Gasteiger partial charge in [-0.3, -0.25) is 14.6 Å². The zero-order chi connectivity index (χ0) is 13.7. The molecule has 0 aromatic carbocycles. The molecule has 1 fully saturated rings. The molecule has 0 aliphatic carbocycles. The number of carboxylic acids is 1. The number of piperazine rings is 1. The number of furan rings is 1. The average Bonchev–Trinajstić information content (AvgIpc) is 2.90. The molecule has 0 amide bonds. The molecule has 1 saturated heterocycles. The van der Waals surface area contributed by atoms with Crippen molar-refractivity contribution in [1.29, 1.82) is 0 Å². The third-order valence-electron chi connectivity index (χ3n) is 3.43. The van der Waals surface area contributed by atoms with Gasteiger partial charge in [-0.1, -0.05) is 0 Å². The Morgan fingerprint density at radius 1 is 1.58 bits per heavy atom. The highest BCUT2D eigenvalue weighted by Gasteiger charge is 2.24. The average molecular weight is 267 g/mol. The monoisotopic (exact) mass is 267 g/mol.